The fraction of sp³-hybridized carbons (Fsp3) is 1.00. The third-order valence-corrected chi connectivity index (χ3v) is 2.98. The molecule has 11 heavy (non-hydrogen) atoms. The minimum atomic E-state index is 0.338. The smallest absolute Gasteiger partial charge is 0.0524 e. The average Bonchev–Trinajstić information content (AvgIpc) is 2.30. The van der Waals surface area contributed by atoms with Gasteiger partial charge in [0.2, 0.25) is 0 Å². The van der Waals surface area contributed by atoms with Crippen LogP contribution in [0.3, 0.4) is 0 Å². The van der Waals surface area contributed by atoms with Crippen LogP contribution in [0, 0.1) is 5.92 Å². The molecular weight excluding hydrogens is 140 g/mol. The molecule has 0 radical (unpaired) electrons. The van der Waals surface area contributed by atoms with E-state index in [9.17, 15) is 0 Å². The number of likely N-dealkylation sites (N-methyl/N-ethyl adjacent to an activating group) is 1. The Morgan fingerprint density at radius 3 is 3.09 bits per heavy atom. The molecule has 2 N–H and O–H groups in total. The zero-order chi connectivity index (χ0) is 7.84. The Labute approximate surface area is 67.5 Å². The van der Waals surface area contributed by atoms with Crippen LogP contribution in [-0.4, -0.2) is 43.8 Å². The molecule has 2 heterocycles. The molecule has 0 bridgehead atoms. The van der Waals surface area contributed by atoms with Crippen LogP contribution < -0.4 is 5.73 Å². The lowest BCUT2D eigenvalue weighted by Crippen LogP contribution is -2.40. The van der Waals surface area contributed by atoms with Crippen molar-refractivity contribution in [2.24, 2.45) is 11.7 Å². The number of nitrogens with two attached hydrogens (primary N) is 1. The minimum Gasteiger partial charge on any atom is -0.381 e. The van der Waals surface area contributed by atoms with Crippen molar-refractivity contribution in [1.29, 1.82) is 0 Å². The van der Waals surface area contributed by atoms with E-state index in [2.05, 4.69) is 11.9 Å². The molecule has 0 aromatic rings. The molecule has 3 unspecified atom stereocenters. The van der Waals surface area contributed by atoms with E-state index in [0.29, 0.717) is 18.0 Å². The molecule has 2 rings (SSSR count). The predicted octanol–water partition coefficient (Wildman–Crippen LogP) is -0.336. The van der Waals surface area contributed by atoms with E-state index in [1.165, 1.54) is 0 Å². The highest BCUT2D eigenvalue weighted by Gasteiger charge is 2.39. The molecule has 2 aliphatic heterocycles. The lowest BCUT2D eigenvalue weighted by atomic mass is 9.94. The molecule has 0 saturated carbocycles. The summed E-state index contributed by atoms with van der Waals surface area (Å²) >= 11 is 0. The number of hydrogen-bond acceptors (Lipinski definition) is 3. The van der Waals surface area contributed by atoms with Crippen molar-refractivity contribution in [1.82, 2.24) is 4.90 Å². The number of likely N-dealkylation sites (tertiary alicyclic amines) is 1. The molecule has 2 fully saturated rings. The normalized spacial score (nSPS) is 45.8. The van der Waals surface area contributed by atoms with E-state index in [0.717, 1.165) is 26.2 Å². The van der Waals surface area contributed by atoms with Gasteiger partial charge in [0.15, 0.2) is 0 Å². The second-order valence-electron chi connectivity index (χ2n) is 3.70. The molecule has 2 aliphatic rings. The monoisotopic (exact) mass is 156 g/mol. The van der Waals surface area contributed by atoms with Crippen molar-refractivity contribution in [3.63, 3.8) is 0 Å². The third kappa shape index (κ3) is 1.17. The van der Waals surface area contributed by atoms with Crippen LogP contribution in [0.5, 0.6) is 0 Å². The maximum atomic E-state index is 5.96. The largest absolute Gasteiger partial charge is 0.381 e. The summed E-state index contributed by atoms with van der Waals surface area (Å²) in [7, 11) is 2.16. The summed E-state index contributed by atoms with van der Waals surface area (Å²) in [6, 6.07) is 1.03. The number of fused-ring (bicyclic) bond motifs is 1. The first-order valence-corrected chi connectivity index (χ1v) is 4.32. The zero-order valence-electron chi connectivity index (χ0n) is 6.99. The van der Waals surface area contributed by atoms with E-state index in [1.54, 1.807) is 0 Å². The molecule has 2 saturated heterocycles. The standard InChI is InChI=1S/C8H16N2O/c1-10-4-7(9)6-5-11-3-2-8(6)10/h6-8H,2-5,9H2,1H3. The maximum absolute atomic E-state index is 5.96. The Bertz CT molecular complexity index is 135. The lowest BCUT2D eigenvalue weighted by Gasteiger charge is -2.29. The Morgan fingerprint density at radius 2 is 2.36 bits per heavy atom. The van der Waals surface area contributed by atoms with Crippen LogP contribution in [0.1, 0.15) is 6.42 Å². The first-order valence-electron chi connectivity index (χ1n) is 4.32. The minimum absolute atomic E-state index is 0.338. The van der Waals surface area contributed by atoms with Gasteiger partial charge >= 0.3 is 0 Å². The van der Waals surface area contributed by atoms with Gasteiger partial charge in [0, 0.05) is 31.2 Å². The van der Waals surface area contributed by atoms with Crippen LogP contribution in [0.4, 0.5) is 0 Å². The Morgan fingerprint density at radius 1 is 1.55 bits per heavy atom. The number of hydrogen-bond donors (Lipinski definition) is 1. The van der Waals surface area contributed by atoms with Crippen molar-refractivity contribution in [2.75, 3.05) is 26.8 Å². The quantitative estimate of drug-likeness (QED) is 0.521. The first kappa shape index (κ1) is 7.53. The topological polar surface area (TPSA) is 38.5 Å². The van der Waals surface area contributed by atoms with E-state index in [4.69, 9.17) is 10.5 Å². The van der Waals surface area contributed by atoms with Gasteiger partial charge in [-0.05, 0) is 13.5 Å². The molecule has 0 amide bonds. The van der Waals surface area contributed by atoms with Gasteiger partial charge in [0.1, 0.15) is 0 Å². The molecular formula is C8H16N2O. The van der Waals surface area contributed by atoms with Crippen LogP contribution in [0.25, 0.3) is 0 Å². The Kier molecular flexibility index (Phi) is 1.87. The van der Waals surface area contributed by atoms with Crippen LogP contribution in [-0.2, 0) is 4.74 Å². The van der Waals surface area contributed by atoms with Gasteiger partial charge in [-0.2, -0.15) is 0 Å². The van der Waals surface area contributed by atoms with Gasteiger partial charge in [0.25, 0.3) is 0 Å². The highest BCUT2D eigenvalue weighted by molar-refractivity contribution is 4.95. The lowest BCUT2D eigenvalue weighted by molar-refractivity contribution is 0.0247. The van der Waals surface area contributed by atoms with E-state index in [1.807, 2.05) is 0 Å². The van der Waals surface area contributed by atoms with Gasteiger partial charge < -0.3 is 15.4 Å². The second kappa shape index (κ2) is 2.73. The second-order valence-corrected chi connectivity index (χ2v) is 3.70. The molecule has 0 aromatic carbocycles. The molecule has 3 nitrogen and oxygen atoms in total. The summed E-state index contributed by atoms with van der Waals surface area (Å²) in [6.07, 6.45) is 1.16. The summed E-state index contributed by atoms with van der Waals surface area (Å²) in [6.45, 7) is 2.83. The van der Waals surface area contributed by atoms with Crippen molar-refractivity contribution in [3.05, 3.63) is 0 Å². The number of ether oxygens (including phenoxy) is 1. The average molecular weight is 156 g/mol. The number of rotatable bonds is 0. The first-order chi connectivity index (χ1) is 5.29. The zero-order valence-corrected chi connectivity index (χ0v) is 6.99. The van der Waals surface area contributed by atoms with E-state index in [-0.39, 0.29) is 0 Å². The molecule has 0 spiro atoms. The molecule has 0 aromatic heterocycles. The van der Waals surface area contributed by atoms with E-state index >= 15 is 0 Å². The summed E-state index contributed by atoms with van der Waals surface area (Å²) in [5.41, 5.74) is 5.96. The van der Waals surface area contributed by atoms with Gasteiger partial charge in [-0.15, -0.1) is 0 Å². The van der Waals surface area contributed by atoms with Crippen LogP contribution in [0.2, 0.25) is 0 Å². The fourth-order valence-corrected chi connectivity index (χ4v) is 2.31. The highest BCUT2D eigenvalue weighted by atomic mass is 16.5. The SMILES string of the molecule is CN1CC(N)C2COCCC21. The molecule has 3 atom stereocenters. The van der Waals surface area contributed by atoms with Crippen molar-refractivity contribution < 1.29 is 4.74 Å². The van der Waals surface area contributed by atoms with Crippen molar-refractivity contribution in [2.45, 2.75) is 18.5 Å². The van der Waals surface area contributed by atoms with Gasteiger partial charge in [-0.3, -0.25) is 0 Å². The maximum Gasteiger partial charge on any atom is 0.0524 e. The van der Waals surface area contributed by atoms with Gasteiger partial charge in [-0.1, -0.05) is 0 Å². The number of nitrogens with zero attached hydrogens (tertiary/aromatic N) is 1. The molecule has 0 aliphatic carbocycles. The highest BCUT2D eigenvalue weighted by Crippen LogP contribution is 2.27. The summed E-state index contributed by atoms with van der Waals surface area (Å²) in [4.78, 5) is 2.37. The summed E-state index contributed by atoms with van der Waals surface area (Å²) in [5.74, 6) is 0.591. The predicted molar refractivity (Wildman–Crippen MR) is 43.3 cm³/mol. The van der Waals surface area contributed by atoms with Gasteiger partial charge in [-0.25, -0.2) is 0 Å². The van der Waals surface area contributed by atoms with Crippen LogP contribution in [0.15, 0.2) is 0 Å². The Hall–Kier alpha value is -0.120. The van der Waals surface area contributed by atoms with Crippen LogP contribution >= 0.6 is 0 Å². The van der Waals surface area contributed by atoms with E-state index < -0.39 is 0 Å². The summed E-state index contributed by atoms with van der Waals surface area (Å²) < 4.78 is 5.40. The van der Waals surface area contributed by atoms with Gasteiger partial charge in [0.05, 0.1) is 6.61 Å². The third-order valence-electron chi connectivity index (χ3n) is 2.98. The summed E-state index contributed by atoms with van der Waals surface area (Å²) in [5, 5.41) is 0. The van der Waals surface area contributed by atoms with Crippen molar-refractivity contribution in [3.8, 4) is 0 Å². The van der Waals surface area contributed by atoms with Crippen molar-refractivity contribution >= 4 is 0 Å². The molecule has 3 heteroatoms. The fourth-order valence-electron chi connectivity index (χ4n) is 2.31. The Balaban J connectivity index is 2.07. The molecule has 64 valence electrons.